The Labute approximate surface area is 173 Å². The Bertz CT molecular complexity index is 1070. The quantitative estimate of drug-likeness (QED) is 0.650. The molecule has 1 aliphatic heterocycles. The summed E-state index contributed by atoms with van der Waals surface area (Å²) in [5, 5.41) is 9.55. The SMILES string of the molecule is COc1ccc(-c2nc(NC(=O)C3CC(=O)N(c4ccccc4)C3)n[nH]2)c(OC)c1. The number of nitrogens with one attached hydrogen (secondary N) is 2. The van der Waals surface area contributed by atoms with Gasteiger partial charge >= 0.3 is 0 Å². The number of carbonyl (C=O) groups is 2. The predicted octanol–water partition coefficient (Wildman–Crippen LogP) is 2.48. The van der Waals surface area contributed by atoms with Crippen LogP contribution >= 0.6 is 0 Å². The van der Waals surface area contributed by atoms with Gasteiger partial charge in [0.2, 0.25) is 17.8 Å². The second-order valence-corrected chi connectivity index (χ2v) is 6.80. The summed E-state index contributed by atoms with van der Waals surface area (Å²) in [6.45, 7) is 0.318. The Morgan fingerprint density at radius 2 is 1.97 bits per heavy atom. The van der Waals surface area contributed by atoms with E-state index in [1.807, 2.05) is 30.3 Å². The van der Waals surface area contributed by atoms with E-state index in [0.717, 1.165) is 5.69 Å². The summed E-state index contributed by atoms with van der Waals surface area (Å²) < 4.78 is 10.6. The molecule has 1 unspecified atom stereocenters. The van der Waals surface area contributed by atoms with Crippen LogP contribution in [0.25, 0.3) is 11.4 Å². The molecule has 1 atom stereocenters. The zero-order chi connectivity index (χ0) is 21.1. The highest BCUT2D eigenvalue weighted by Crippen LogP contribution is 2.32. The number of nitrogens with zero attached hydrogens (tertiary/aromatic N) is 3. The van der Waals surface area contributed by atoms with Crippen LogP contribution in [0.5, 0.6) is 11.5 Å². The molecule has 0 radical (unpaired) electrons. The van der Waals surface area contributed by atoms with Crippen molar-refractivity contribution in [2.45, 2.75) is 6.42 Å². The second-order valence-electron chi connectivity index (χ2n) is 6.80. The summed E-state index contributed by atoms with van der Waals surface area (Å²) >= 11 is 0. The molecule has 1 saturated heterocycles. The summed E-state index contributed by atoms with van der Waals surface area (Å²) in [5.74, 6) is 0.932. The Morgan fingerprint density at radius 1 is 1.17 bits per heavy atom. The first-order chi connectivity index (χ1) is 14.6. The minimum atomic E-state index is -0.477. The topological polar surface area (TPSA) is 109 Å². The monoisotopic (exact) mass is 407 g/mol. The Balaban J connectivity index is 1.46. The first-order valence-electron chi connectivity index (χ1n) is 9.40. The lowest BCUT2D eigenvalue weighted by molar-refractivity contribution is -0.122. The average Bonchev–Trinajstić information content (AvgIpc) is 3.40. The number of anilines is 2. The highest BCUT2D eigenvalue weighted by molar-refractivity contribution is 6.03. The van der Waals surface area contributed by atoms with Gasteiger partial charge in [-0.15, -0.1) is 5.10 Å². The number of ether oxygens (including phenoxy) is 2. The van der Waals surface area contributed by atoms with E-state index >= 15 is 0 Å². The van der Waals surface area contributed by atoms with Gasteiger partial charge in [0, 0.05) is 24.7 Å². The number of hydrogen-bond acceptors (Lipinski definition) is 6. The lowest BCUT2D eigenvalue weighted by Crippen LogP contribution is -2.28. The largest absolute Gasteiger partial charge is 0.497 e. The van der Waals surface area contributed by atoms with E-state index in [0.29, 0.717) is 29.4 Å². The van der Waals surface area contributed by atoms with Gasteiger partial charge in [-0.3, -0.25) is 20.0 Å². The first-order valence-corrected chi connectivity index (χ1v) is 9.40. The summed E-state index contributed by atoms with van der Waals surface area (Å²) in [7, 11) is 3.12. The molecule has 0 bridgehead atoms. The molecular weight excluding hydrogens is 386 g/mol. The number of aromatic amines is 1. The van der Waals surface area contributed by atoms with Gasteiger partial charge in [-0.05, 0) is 24.3 Å². The molecular formula is C21H21N5O4. The number of aromatic nitrogens is 3. The molecule has 30 heavy (non-hydrogen) atoms. The normalized spacial score (nSPS) is 15.9. The van der Waals surface area contributed by atoms with Crippen molar-refractivity contribution in [1.82, 2.24) is 15.2 Å². The maximum absolute atomic E-state index is 12.7. The van der Waals surface area contributed by atoms with Crippen LogP contribution in [0, 0.1) is 5.92 Å². The number of para-hydroxylation sites is 1. The maximum atomic E-state index is 12.7. The fourth-order valence-corrected chi connectivity index (χ4v) is 3.39. The van der Waals surface area contributed by atoms with Crippen molar-refractivity contribution in [3.8, 4) is 22.9 Å². The van der Waals surface area contributed by atoms with Crippen LogP contribution in [0.1, 0.15) is 6.42 Å². The molecule has 154 valence electrons. The number of benzene rings is 2. The highest BCUT2D eigenvalue weighted by Gasteiger charge is 2.35. The van der Waals surface area contributed by atoms with Crippen molar-refractivity contribution in [3.05, 3.63) is 48.5 Å². The number of hydrogen-bond donors (Lipinski definition) is 2. The zero-order valence-corrected chi connectivity index (χ0v) is 16.6. The molecule has 2 heterocycles. The fourth-order valence-electron chi connectivity index (χ4n) is 3.39. The van der Waals surface area contributed by atoms with E-state index in [1.54, 1.807) is 37.3 Å². The van der Waals surface area contributed by atoms with Gasteiger partial charge in [-0.2, -0.15) is 4.98 Å². The molecule has 4 rings (SSSR count). The van der Waals surface area contributed by atoms with Gasteiger partial charge in [0.05, 0.1) is 25.7 Å². The molecule has 0 saturated carbocycles. The Morgan fingerprint density at radius 3 is 2.70 bits per heavy atom. The minimum Gasteiger partial charge on any atom is -0.497 e. The summed E-state index contributed by atoms with van der Waals surface area (Å²) in [6, 6.07) is 14.6. The molecule has 1 aliphatic rings. The van der Waals surface area contributed by atoms with Gasteiger partial charge in [-0.1, -0.05) is 18.2 Å². The van der Waals surface area contributed by atoms with Crippen LogP contribution in [0.2, 0.25) is 0 Å². The maximum Gasteiger partial charge on any atom is 0.249 e. The van der Waals surface area contributed by atoms with E-state index < -0.39 is 5.92 Å². The van der Waals surface area contributed by atoms with Crippen LogP contribution in [-0.4, -0.2) is 47.8 Å². The zero-order valence-electron chi connectivity index (χ0n) is 16.6. The Hall–Kier alpha value is -3.88. The van der Waals surface area contributed by atoms with Crippen molar-refractivity contribution >= 4 is 23.5 Å². The van der Waals surface area contributed by atoms with Crippen LogP contribution in [0.15, 0.2) is 48.5 Å². The third kappa shape index (κ3) is 3.82. The van der Waals surface area contributed by atoms with Crippen molar-refractivity contribution < 1.29 is 19.1 Å². The van der Waals surface area contributed by atoms with Gasteiger partial charge in [-0.25, -0.2) is 0 Å². The summed E-state index contributed by atoms with van der Waals surface area (Å²) in [4.78, 5) is 31.0. The van der Waals surface area contributed by atoms with Gasteiger partial charge in [0.15, 0.2) is 5.82 Å². The second kappa shape index (κ2) is 8.24. The Kier molecular flexibility index (Phi) is 5.34. The van der Waals surface area contributed by atoms with Crippen molar-refractivity contribution in [1.29, 1.82) is 0 Å². The molecule has 2 N–H and O–H groups in total. The molecule has 0 aliphatic carbocycles. The lowest BCUT2D eigenvalue weighted by atomic mass is 10.1. The molecule has 9 heteroatoms. The van der Waals surface area contributed by atoms with Crippen LogP contribution in [0.4, 0.5) is 11.6 Å². The van der Waals surface area contributed by atoms with Gasteiger partial charge in [0.25, 0.3) is 0 Å². The van der Waals surface area contributed by atoms with Crippen LogP contribution < -0.4 is 19.7 Å². The van der Waals surface area contributed by atoms with Crippen LogP contribution in [0.3, 0.4) is 0 Å². The highest BCUT2D eigenvalue weighted by atomic mass is 16.5. The molecule has 2 amide bonds. The van der Waals surface area contributed by atoms with Crippen molar-refractivity contribution in [2.24, 2.45) is 5.92 Å². The molecule has 9 nitrogen and oxygen atoms in total. The van der Waals surface area contributed by atoms with Crippen molar-refractivity contribution in [2.75, 3.05) is 31.0 Å². The molecule has 3 aromatic rings. The summed E-state index contributed by atoms with van der Waals surface area (Å²) in [5.41, 5.74) is 1.46. The molecule has 1 aromatic heterocycles. The predicted molar refractivity (Wildman–Crippen MR) is 110 cm³/mol. The number of H-pyrrole nitrogens is 1. The van der Waals surface area contributed by atoms with E-state index in [2.05, 4.69) is 20.5 Å². The van der Waals surface area contributed by atoms with Gasteiger partial charge in [0.1, 0.15) is 11.5 Å². The standard InChI is InChI=1S/C21H21N5O4/c1-29-15-8-9-16(17(11-15)30-2)19-22-21(25-24-19)23-20(28)13-10-18(27)26(12-13)14-6-4-3-5-7-14/h3-9,11,13H,10,12H2,1-2H3,(H2,22,23,24,25,28). The fraction of sp³-hybridized carbons (Fsp3) is 0.238. The first kappa shape index (κ1) is 19.4. The van der Waals surface area contributed by atoms with Crippen LogP contribution in [-0.2, 0) is 9.59 Å². The smallest absolute Gasteiger partial charge is 0.249 e. The average molecular weight is 407 g/mol. The molecule has 0 spiro atoms. The van der Waals surface area contributed by atoms with E-state index in [-0.39, 0.29) is 24.2 Å². The van der Waals surface area contributed by atoms with E-state index in [1.165, 1.54) is 0 Å². The number of carbonyl (C=O) groups excluding carboxylic acids is 2. The third-order valence-corrected chi connectivity index (χ3v) is 4.95. The van der Waals surface area contributed by atoms with Crippen molar-refractivity contribution in [3.63, 3.8) is 0 Å². The number of methoxy groups -OCH3 is 2. The van der Waals surface area contributed by atoms with Gasteiger partial charge < -0.3 is 14.4 Å². The lowest BCUT2D eigenvalue weighted by Gasteiger charge is -2.16. The number of rotatable bonds is 6. The summed E-state index contributed by atoms with van der Waals surface area (Å²) in [6.07, 6.45) is 0.143. The molecule has 2 aromatic carbocycles. The van der Waals surface area contributed by atoms with E-state index in [9.17, 15) is 9.59 Å². The third-order valence-electron chi connectivity index (χ3n) is 4.95. The van der Waals surface area contributed by atoms with E-state index in [4.69, 9.17) is 9.47 Å². The minimum absolute atomic E-state index is 0.0833. The number of amides is 2. The molecule has 1 fully saturated rings.